The van der Waals surface area contributed by atoms with Crippen molar-refractivity contribution >= 4 is 29.4 Å². The van der Waals surface area contributed by atoms with Crippen molar-refractivity contribution in [3.05, 3.63) is 77.2 Å². The van der Waals surface area contributed by atoms with E-state index < -0.39 is 11.9 Å². The molecule has 0 fully saturated rings. The van der Waals surface area contributed by atoms with E-state index in [4.69, 9.17) is 25.9 Å². The van der Waals surface area contributed by atoms with Crippen molar-refractivity contribution in [2.75, 3.05) is 18.7 Å². The number of anilines is 1. The highest BCUT2D eigenvalue weighted by Gasteiger charge is 2.14. The summed E-state index contributed by atoms with van der Waals surface area (Å²) in [5.74, 6) is -0.698. The number of rotatable bonds is 8. The highest BCUT2D eigenvalue weighted by molar-refractivity contribution is 6.32. The topological polar surface area (TPSA) is 125 Å². The van der Waals surface area contributed by atoms with Gasteiger partial charge in [-0.05, 0) is 19.4 Å². The van der Waals surface area contributed by atoms with Gasteiger partial charge >= 0.3 is 11.9 Å². The molecule has 168 valence electrons. The quantitative estimate of drug-likeness (QED) is 0.304. The molecular formula is C21H22ClN5O5. The van der Waals surface area contributed by atoms with Gasteiger partial charge in [0.25, 0.3) is 0 Å². The van der Waals surface area contributed by atoms with Gasteiger partial charge in [-0.2, -0.15) is 0 Å². The van der Waals surface area contributed by atoms with Gasteiger partial charge in [0.1, 0.15) is 28.9 Å². The van der Waals surface area contributed by atoms with Crippen LogP contribution in [-0.4, -0.2) is 45.1 Å². The Morgan fingerprint density at radius 1 is 0.906 bits per heavy atom. The Morgan fingerprint density at radius 3 is 2.12 bits per heavy atom. The fraction of sp³-hybridized carbons (Fsp3) is 0.238. The van der Waals surface area contributed by atoms with E-state index in [1.54, 1.807) is 13.8 Å². The Bertz CT molecular complexity index is 1010. The van der Waals surface area contributed by atoms with Crippen molar-refractivity contribution in [1.82, 2.24) is 19.9 Å². The van der Waals surface area contributed by atoms with Crippen molar-refractivity contribution in [3.8, 4) is 0 Å². The summed E-state index contributed by atoms with van der Waals surface area (Å²) in [5.41, 5.74) is 4.09. The minimum atomic E-state index is -0.497. The molecule has 3 aromatic rings. The molecule has 32 heavy (non-hydrogen) atoms. The van der Waals surface area contributed by atoms with E-state index in [-0.39, 0.29) is 28.7 Å². The smallest absolute Gasteiger partial charge is 0.343 e. The van der Waals surface area contributed by atoms with Crippen LogP contribution in [0.4, 0.5) is 5.82 Å². The summed E-state index contributed by atoms with van der Waals surface area (Å²) in [7, 11) is 0. The van der Waals surface area contributed by atoms with E-state index in [1.807, 2.05) is 30.3 Å². The van der Waals surface area contributed by atoms with E-state index in [0.717, 1.165) is 5.56 Å². The van der Waals surface area contributed by atoms with Crippen molar-refractivity contribution in [3.63, 3.8) is 0 Å². The lowest BCUT2D eigenvalue weighted by atomic mass is 10.2. The van der Waals surface area contributed by atoms with Gasteiger partial charge in [0, 0.05) is 12.4 Å². The van der Waals surface area contributed by atoms with Gasteiger partial charge in [0.15, 0.2) is 5.82 Å². The lowest BCUT2D eigenvalue weighted by Crippen LogP contribution is -2.12. The van der Waals surface area contributed by atoms with E-state index >= 15 is 0 Å². The molecule has 0 unspecified atom stereocenters. The first kappa shape index (κ1) is 24.6. The van der Waals surface area contributed by atoms with Crippen LogP contribution in [-0.2, 0) is 20.9 Å². The maximum absolute atomic E-state index is 11.7. The Hall–Kier alpha value is -3.63. The molecule has 0 bridgehead atoms. The third-order valence-corrected chi connectivity index (χ3v) is 3.92. The first-order valence-electron chi connectivity index (χ1n) is 9.58. The predicted octanol–water partition coefficient (Wildman–Crippen LogP) is 3.50. The third kappa shape index (κ3) is 7.89. The van der Waals surface area contributed by atoms with Gasteiger partial charge in [-0.15, -0.1) is 0 Å². The molecule has 2 aromatic heterocycles. The normalized spacial score (nSPS) is 9.84. The third-order valence-electron chi connectivity index (χ3n) is 3.62. The summed E-state index contributed by atoms with van der Waals surface area (Å²) in [5, 5.41) is 0.114. The van der Waals surface area contributed by atoms with Crippen LogP contribution in [0.1, 0.15) is 40.1 Å². The van der Waals surface area contributed by atoms with Crippen molar-refractivity contribution in [1.29, 1.82) is 0 Å². The second-order valence-corrected chi connectivity index (χ2v) is 6.19. The summed E-state index contributed by atoms with van der Waals surface area (Å²) in [4.78, 5) is 43.2. The summed E-state index contributed by atoms with van der Waals surface area (Å²) >= 11 is 5.60. The molecule has 10 nitrogen and oxygen atoms in total. The molecule has 0 amide bonds. The number of esters is 2. The van der Waals surface area contributed by atoms with Crippen LogP contribution >= 0.6 is 11.6 Å². The molecule has 0 aliphatic heterocycles. The van der Waals surface area contributed by atoms with E-state index in [9.17, 15) is 9.59 Å². The Balaban J connectivity index is 0.000000258. The maximum atomic E-state index is 11.7. The Labute approximate surface area is 189 Å². The molecule has 1 aromatic carbocycles. The molecule has 0 atom stereocenters. The molecular weight excluding hydrogens is 438 g/mol. The lowest BCUT2D eigenvalue weighted by Gasteiger charge is -2.09. The van der Waals surface area contributed by atoms with Crippen LogP contribution in [0.3, 0.4) is 0 Å². The van der Waals surface area contributed by atoms with Gasteiger partial charge < -0.3 is 9.47 Å². The highest BCUT2D eigenvalue weighted by Crippen LogP contribution is 2.13. The molecule has 0 saturated carbocycles. The van der Waals surface area contributed by atoms with E-state index in [0.29, 0.717) is 13.2 Å². The highest BCUT2D eigenvalue weighted by atomic mass is 35.5. The van der Waals surface area contributed by atoms with Crippen LogP contribution in [0, 0.1) is 0 Å². The maximum Gasteiger partial charge on any atom is 0.343 e. The number of nitrogens with zero attached hydrogens (tertiary/aromatic N) is 4. The monoisotopic (exact) mass is 459 g/mol. The Morgan fingerprint density at radius 2 is 1.50 bits per heavy atom. The number of nitrogens with one attached hydrogen (secondary N) is 1. The average molecular weight is 460 g/mol. The number of benzene rings is 1. The number of hydrogen-bond donors (Lipinski definition) is 1. The van der Waals surface area contributed by atoms with Crippen LogP contribution in [0.5, 0.6) is 0 Å². The minimum absolute atomic E-state index is 0.114. The molecule has 1 N–H and O–H groups in total. The van der Waals surface area contributed by atoms with Crippen molar-refractivity contribution in [2.45, 2.75) is 20.5 Å². The second kappa shape index (κ2) is 13.6. The number of halogens is 1. The van der Waals surface area contributed by atoms with Crippen LogP contribution in [0.25, 0.3) is 0 Å². The van der Waals surface area contributed by atoms with Crippen molar-refractivity contribution < 1.29 is 23.9 Å². The average Bonchev–Trinajstić information content (AvgIpc) is 2.81. The standard InChI is InChI=1S/C14H15N3O3.C7H7ClN2O2/c1-2-19-14(18)12-8-15-10-16-13(12)17-20-9-11-6-4-3-5-7-11;1-2-12-7(11)5-3-9-4-10-6(5)8/h3-8,10H,2,9H2,1H3,(H,15,16,17);3-4H,2H2,1H3. The zero-order chi connectivity index (χ0) is 23.2. The summed E-state index contributed by atoms with van der Waals surface area (Å²) < 4.78 is 9.62. The van der Waals surface area contributed by atoms with Crippen molar-refractivity contribution in [2.24, 2.45) is 0 Å². The molecule has 0 aliphatic carbocycles. The zero-order valence-corrected chi connectivity index (χ0v) is 18.3. The minimum Gasteiger partial charge on any atom is -0.462 e. The molecule has 3 rings (SSSR count). The second-order valence-electron chi connectivity index (χ2n) is 5.83. The number of hydrogen-bond acceptors (Lipinski definition) is 10. The lowest BCUT2D eigenvalue weighted by molar-refractivity contribution is 0.0515. The number of carbonyl (C=O) groups excluding carboxylic acids is 2. The summed E-state index contributed by atoms with van der Waals surface area (Å²) in [6.45, 7) is 4.41. The van der Waals surface area contributed by atoms with Gasteiger partial charge in [-0.1, -0.05) is 41.9 Å². The summed E-state index contributed by atoms with van der Waals surface area (Å²) in [6.07, 6.45) is 5.31. The van der Waals surface area contributed by atoms with E-state index in [2.05, 4.69) is 25.4 Å². The molecule has 11 heteroatoms. The zero-order valence-electron chi connectivity index (χ0n) is 17.5. The van der Waals surface area contributed by atoms with Crippen LogP contribution < -0.4 is 5.48 Å². The van der Waals surface area contributed by atoms with Gasteiger partial charge in [-0.3, -0.25) is 4.84 Å². The number of aromatic nitrogens is 4. The van der Waals surface area contributed by atoms with Gasteiger partial charge in [0.2, 0.25) is 0 Å². The fourth-order valence-electron chi connectivity index (χ4n) is 2.19. The molecule has 0 spiro atoms. The first-order valence-corrected chi connectivity index (χ1v) is 9.96. The molecule has 2 heterocycles. The summed E-state index contributed by atoms with van der Waals surface area (Å²) in [6, 6.07) is 9.66. The molecule has 0 saturated heterocycles. The SMILES string of the molecule is CCOC(=O)c1cncnc1Cl.CCOC(=O)c1cncnc1NOCc1ccccc1. The van der Waals surface area contributed by atoms with Gasteiger partial charge in [0.05, 0.1) is 19.8 Å². The Kier molecular flexibility index (Phi) is 10.5. The van der Waals surface area contributed by atoms with Crippen LogP contribution in [0.15, 0.2) is 55.4 Å². The number of ether oxygens (including phenoxy) is 2. The fourth-order valence-corrected chi connectivity index (χ4v) is 2.36. The largest absolute Gasteiger partial charge is 0.462 e. The number of carbonyl (C=O) groups is 2. The van der Waals surface area contributed by atoms with Gasteiger partial charge in [-0.25, -0.2) is 35.0 Å². The predicted molar refractivity (Wildman–Crippen MR) is 116 cm³/mol. The first-order chi connectivity index (χ1) is 15.6. The van der Waals surface area contributed by atoms with Crippen LogP contribution in [0.2, 0.25) is 5.15 Å². The molecule has 0 radical (unpaired) electrons. The molecule has 0 aliphatic rings. The van der Waals surface area contributed by atoms with E-state index in [1.165, 1.54) is 25.0 Å².